The fraction of sp³-hybridized carbons (Fsp3) is 0.219. The first-order valence-electron chi connectivity index (χ1n) is 13.3. The summed E-state index contributed by atoms with van der Waals surface area (Å²) in [6.45, 7) is 4.77. The first kappa shape index (κ1) is 24.8. The van der Waals surface area contributed by atoms with Gasteiger partial charge in [0.05, 0.1) is 23.8 Å². The van der Waals surface area contributed by atoms with E-state index in [1.807, 2.05) is 78.6 Å². The molecule has 0 spiro atoms. The van der Waals surface area contributed by atoms with E-state index in [1.54, 1.807) is 23.1 Å². The monoisotopic (exact) mass is 518 g/mol. The average molecular weight is 519 g/mol. The highest BCUT2D eigenvalue weighted by Gasteiger charge is 2.35. The van der Waals surface area contributed by atoms with Crippen LogP contribution in [0.25, 0.3) is 10.8 Å². The lowest BCUT2D eigenvalue weighted by atomic mass is 9.98. The molecule has 7 nitrogen and oxygen atoms in total. The number of anilines is 2. The van der Waals surface area contributed by atoms with Crippen LogP contribution in [0.15, 0.2) is 84.9 Å². The number of fused-ring (bicyclic) bond motifs is 2. The number of nitrogens with one attached hydrogen (secondary N) is 2. The van der Waals surface area contributed by atoms with Gasteiger partial charge in [-0.25, -0.2) is 0 Å². The van der Waals surface area contributed by atoms with Gasteiger partial charge in [0.15, 0.2) is 0 Å². The molecule has 1 unspecified atom stereocenters. The second-order valence-electron chi connectivity index (χ2n) is 10.2. The Kier molecular flexibility index (Phi) is 6.59. The Labute approximate surface area is 227 Å². The molecule has 2 N–H and O–H groups in total. The Balaban J connectivity index is 1.46. The van der Waals surface area contributed by atoms with E-state index >= 15 is 0 Å². The number of benzene rings is 4. The molecule has 4 aromatic carbocycles. The molecule has 1 saturated heterocycles. The van der Waals surface area contributed by atoms with Crippen molar-refractivity contribution in [3.63, 3.8) is 0 Å². The van der Waals surface area contributed by atoms with Crippen molar-refractivity contribution in [1.29, 1.82) is 0 Å². The zero-order valence-corrected chi connectivity index (χ0v) is 21.8. The number of rotatable bonds is 3. The summed E-state index contributed by atoms with van der Waals surface area (Å²) in [5.74, 6) is -0.493. The van der Waals surface area contributed by atoms with E-state index in [0.29, 0.717) is 35.6 Å². The third kappa shape index (κ3) is 4.89. The molecular weight excluding hydrogens is 488 g/mol. The lowest BCUT2D eigenvalue weighted by molar-refractivity contribution is -0.116. The number of amides is 3. The van der Waals surface area contributed by atoms with Crippen LogP contribution >= 0.6 is 0 Å². The molecule has 2 aliphatic rings. The predicted molar refractivity (Wildman–Crippen MR) is 153 cm³/mol. The minimum atomic E-state index is -0.513. The second-order valence-corrected chi connectivity index (χ2v) is 10.2. The quantitative estimate of drug-likeness (QED) is 0.403. The van der Waals surface area contributed by atoms with Crippen molar-refractivity contribution in [2.24, 2.45) is 0 Å². The average Bonchev–Trinajstić information content (AvgIpc) is 3.12. The van der Waals surface area contributed by atoms with Gasteiger partial charge in [-0.3, -0.25) is 19.3 Å². The fourth-order valence-corrected chi connectivity index (χ4v) is 5.43. The van der Waals surface area contributed by atoms with E-state index in [0.717, 1.165) is 35.0 Å². The highest BCUT2D eigenvalue weighted by atomic mass is 16.2. The van der Waals surface area contributed by atoms with Gasteiger partial charge in [-0.2, -0.15) is 0 Å². The first-order valence-corrected chi connectivity index (χ1v) is 13.3. The lowest BCUT2D eigenvalue weighted by Crippen LogP contribution is -2.46. The predicted octanol–water partition coefficient (Wildman–Crippen LogP) is 4.92. The highest BCUT2D eigenvalue weighted by molar-refractivity contribution is 6.13. The van der Waals surface area contributed by atoms with Crippen LogP contribution < -0.4 is 15.5 Å². The third-order valence-corrected chi connectivity index (χ3v) is 7.55. The maximum absolute atomic E-state index is 14.3. The summed E-state index contributed by atoms with van der Waals surface area (Å²) in [7, 11) is 0. The van der Waals surface area contributed by atoms with Crippen molar-refractivity contribution in [2.75, 3.05) is 36.4 Å². The van der Waals surface area contributed by atoms with Gasteiger partial charge in [-0.1, -0.05) is 60.2 Å². The van der Waals surface area contributed by atoms with Crippen molar-refractivity contribution in [1.82, 2.24) is 10.2 Å². The van der Waals surface area contributed by atoms with Crippen LogP contribution in [-0.2, 0) is 4.79 Å². The number of hydrogen-bond donors (Lipinski definition) is 2. The highest BCUT2D eigenvalue weighted by Crippen LogP contribution is 2.40. The van der Waals surface area contributed by atoms with Gasteiger partial charge in [0, 0.05) is 37.3 Å². The summed E-state index contributed by atoms with van der Waals surface area (Å²) in [5.41, 5.74) is 4.03. The SMILES string of the molecule is Cc1ccc(C2CC(=O)Nc3cc(C(=O)N4CCNCC4)ccc3N2C(=O)c2ccc3ccccc3c2)cc1. The van der Waals surface area contributed by atoms with E-state index in [9.17, 15) is 14.4 Å². The molecule has 0 aromatic heterocycles. The first-order chi connectivity index (χ1) is 19.0. The molecule has 4 aromatic rings. The van der Waals surface area contributed by atoms with Gasteiger partial charge in [0.25, 0.3) is 11.8 Å². The van der Waals surface area contributed by atoms with Gasteiger partial charge in [-0.15, -0.1) is 0 Å². The van der Waals surface area contributed by atoms with Crippen LogP contribution in [0, 0.1) is 6.92 Å². The maximum atomic E-state index is 14.3. The summed E-state index contributed by atoms with van der Waals surface area (Å²) < 4.78 is 0. The molecule has 0 aliphatic carbocycles. The normalized spacial score (nSPS) is 17.4. The largest absolute Gasteiger partial charge is 0.336 e. The van der Waals surface area contributed by atoms with Crippen molar-refractivity contribution in [2.45, 2.75) is 19.4 Å². The summed E-state index contributed by atoms with van der Waals surface area (Å²) >= 11 is 0. The smallest absolute Gasteiger partial charge is 0.258 e. The number of nitrogens with zero attached hydrogens (tertiary/aromatic N) is 2. The van der Waals surface area contributed by atoms with Crippen LogP contribution in [0.5, 0.6) is 0 Å². The van der Waals surface area contributed by atoms with Crippen LogP contribution in [0.3, 0.4) is 0 Å². The summed E-state index contributed by atoms with van der Waals surface area (Å²) in [5, 5.41) is 8.26. The molecule has 2 heterocycles. The van der Waals surface area contributed by atoms with Gasteiger partial charge in [0.1, 0.15) is 0 Å². The Hall–Kier alpha value is -4.49. The molecule has 0 radical (unpaired) electrons. The summed E-state index contributed by atoms with van der Waals surface area (Å²) in [6, 6.07) is 26.3. The minimum absolute atomic E-state index is 0.0831. The molecule has 39 heavy (non-hydrogen) atoms. The van der Waals surface area contributed by atoms with Crippen LogP contribution in [-0.4, -0.2) is 48.8 Å². The molecule has 3 amide bonds. The summed E-state index contributed by atoms with van der Waals surface area (Å²) in [4.78, 5) is 44.2. The van der Waals surface area contributed by atoms with Crippen LogP contribution in [0.1, 0.15) is 44.3 Å². The third-order valence-electron chi connectivity index (χ3n) is 7.55. The van der Waals surface area contributed by atoms with Gasteiger partial charge in [0.2, 0.25) is 5.91 Å². The van der Waals surface area contributed by atoms with Gasteiger partial charge >= 0.3 is 0 Å². The van der Waals surface area contributed by atoms with E-state index in [4.69, 9.17) is 0 Å². The molecule has 1 atom stereocenters. The molecule has 7 heteroatoms. The maximum Gasteiger partial charge on any atom is 0.258 e. The Morgan fingerprint density at radius 2 is 1.49 bits per heavy atom. The van der Waals surface area contributed by atoms with E-state index in [1.165, 1.54) is 0 Å². The molecule has 0 bridgehead atoms. The molecule has 1 fully saturated rings. The molecule has 0 saturated carbocycles. The Morgan fingerprint density at radius 3 is 2.26 bits per heavy atom. The van der Waals surface area contributed by atoms with Crippen LogP contribution in [0.2, 0.25) is 0 Å². The number of carbonyl (C=O) groups excluding carboxylic acids is 3. The standard InChI is InChI=1S/C32H30N4O3/c1-21-6-8-23(9-7-21)29-20-30(37)34-27-19-26(31(38)35-16-14-33-15-17-35)12-13-28(27)36(29)32(39)25-11-10-22-4-2-3-5-24(22)18-25/h2-13,18-19,29,33H,14-17,20H2,1H3,(H,34,37). The summed E-state index contributed by atoms with van der Waals surface area (Å²) in [6.07, 6.45) is 0.0954. The number of aryl methyl sites for hydroxylation is 1. The number of hydrogen-bond acceptors (Lipinski definition) is 4. The Bertz CT molecular complexity index is 1570. The second kappa shape index (κ2) is 10.3. The number of piperazine rings is 1. The van der Waals surface area contributed by atoms with Crippen molar-refractivity contribution >= 4 is 39.9 Å². The number of carbonyl (C=O) groups is 3. The van der Waals surface area contributed by atoms with Crippen molar-refractivity contribution in [3.05, 3.63) is 107 Å². The fourth-order valence-electron chi connectivity index (χ4n) is 5.43. The molecule has 196 valence electrons. The topological polar surface area (TPSA) is 81.8 Å². The minimum Gasteiger partial charge on any atom is -0.336 e. The van der Waals surface area contributed by atoms with Crippen molar-refractivity contribution < 1.29 is 14.4 Å². The lowest BCUT2D eigenvalue weighted by Gasteiger charge is -2.31. The van der Waals surface area contributed by atoms with Crippen LogP contribution in [0.4, 0.5) is 11.4 Å². The van der Waals surface area contributed by atoms with E-state index in [-0.39, 0.29) is 24.1 Å². The zero-order chi connectivity index (χ0) is 26.9. The molecular formula is C32H30N4O3. The van der Waals surface area contributed by atoms with Gasteiger partial charge in [-0.05, 0) is 53.6 Å². The van der Waals surface area contributed by atoms with E-state index in [2.05, 4.69) is 10.6 Å². The molecule has 6 rings (SSSR count). The van der Waals surface area contributed by atoms with E-state index < -0.39 is 6.04 Å². The molecule has 2 aliphatic heterocycles. The van der Waals surface area contributed by atoms with Crippen molar-refractivity contribution in [3.8, 4) is 0 Å². The zero-order valence-electron chi connectivity index (χ0n) is 21.8. The Morgan fingerprint density at radius 1 is 0.795 bits per heavy atom. The van der Waals surface area contributed by atoms with Gasteiger partial charge < -0.3 is 15.5 Å².